The zero-order valence-electron chi connectivity index (χ0n) is 21.4. The standard InChI is InChI=1S/C25H44O5Si/c1-24(2,3)22(19-29-17-16-28-15-14-26-7)23(27-8)20-12-11-13-21(18-20)30-31(9,10)25(4,5)6/h11-13,18H,14-17,19H2,1-10H3/b23-22-. The molecule has 6 heteroatoms. The van der Waals surface area contributed by atoms with Crippen LogP contribution in [0.25, 0.3) is 5.76 Å². The minimum atomic E-state index is -1.92. The van der Waals surface area contributed by atoms with Crippen LogP contribution < -0.4 is 4.43 Å². The van der Waals surface area contributed by atoms with Crippen LogP contribution in [0.1, 0.15) is 47.1 Å². The van der Waals surface area contributed by atoms with Crippen LogP contribution >= 0.6 is 0 Å². The molecule has 0 bridgehead atoms. The van der Waals surface area contributed by atoms with Crippen molar-refractivity contribution in [3.05, 3.63) is 35.4 Å². The Balaban J connectivity index is 3.06. The summed E-state index contributed by atoms with van der Waals surface area (Å²) in [5.41, 5.74) is 2.00. The van der Waals surface area contributed by atoms with E-state index in [4.69, 9.17) is 23.4 Å². The third kappa shape index (κ3) is 8.97. The predicted molar refractivity (Wildman–Crippen MR) is 131 cm³/mol. The first-order valence-corrected chi connectivity index (χ1v) is 14.0. The van der Waals surface area contributed by atoms with Crippen molar-refractivity contribution in [3.8, 4) is 5.75 Å². The van der Waals surface area contributed by atoms with Crippen molar-refractivity contribution in [3.63, 3.8) is 0 Å². The molecule has 1 aromatic carbocycles. The summed E-state index contributed by atoms with van der Waals surface area (Å²) < 4.78 is 28.8. The molecule has 0 aliphatic carbocycles. The van der Waals surface area contributed by atoms with E-state index < -0.39 is 8.32 Å². The second kappa shape index (κ2) is 12.0. The molecule has 0 N–H and O–H groups in total. The van der Waals surface area contributed by atoms with Crippen LogP contribution in [0.15, 0.2) is 29.8 Å². The summed E-state index contributed by atoms with van der Waals surface area (Å²) in [5.74, 6) is 1.73. The van der Waals surface area contributed by atoms with Crippen LogP contribution in [-0.4, -0.2) is 55.6 Å². The van der Waals surface area contributed by atoms with Crippen molar-refractivity contribution in [1.82, 2.24) is 0 Å². The average Bonchev–Trinajstić information content (AvgIpc) is 2.64. The van der Waals surface area contributed by atoms with E-state index in [0.29, 0.717) is 33.0 Å². The molecule has 0 saturated heterocycles. The van der Waals surface area contributed by atoms with Gasteiger partial charge in [0, 0.05) is 18.2 Å². The van der Waals surface area contributed by atoms with E-state index in [1.165, 1.54) is 0 Å². The molecule has 0 atom stereocenters. The summed E-state index contributed by atoms with van der Waals surface area (Å²) in [4.78, 5) is 0. The highest BCUT2D eigenvalue weighted by atomic mass is 28.4. The molecule has 0 heterocycles. The average molecular weight is 453 g/mol. The lowest BCUT2D eigenvalue weighted by molar-refractivity contribution is 0.0278. The van der Waals surface area contributed by atoms with Crippen LogP contribution in [-0.2, 0) is 18.9 Å². The zero-order chi connectivity index (χ0) is 23.7. The van der Waals surface area contributed by atoms with Crippen molar-refractivity contribution in [1.29, 1.82) is 0 Å². The highest BCUT2D eigenvalue weighted by Gasteiger charge is 2.39. The van der Waals surface area contributed by atoms with E-state index in [0.717, 1.165) is 22.6 Å². The molecule has 31 heavy (non-hydrogen) atoms. The summed E-state index contributed by atoms with van der Waals surface area (Å²) in [5, 5.41) is 0.138. The minimum Gasteiger partial charge on any atom is -0.543 e. The quantitative estimate of drug-likeness (QED) is 0.216. The van der Waals surface area contributed by atoms with Gasteiger partial charge in [-0.15, -0.1) is 0 Å². The van der Waals surface area contributed by atoms with Crippen LogP contribution in [0.5, 0.6) is 5.75 Å². The van der Waals surface area contributed by atoms with Crippen LogP contribution in [0.2, 0.25) is 18.1 Å². The lowest BCUT2D eigenvalue weighted by Gasteiger charge is -2.36. The summed E-state index contributed by atoms with van der Waals surface area (Å²) in [7, 11) is 1.46. The van der Waals surface area contributed by atoms with Crippen LogP contribution in [0.3, 0.4) is 0 Å². The first kappa shape index (κ1) is 27.7. The second-order valence-corrected chi connectivity index (χ2v) is 15.0. The van der Waals surface area contributed by atoms with Crippen molar-refractivity contribution >= 4 is 14.1 Å². The molecular formula is C25H44O5Si. The number of methoxy groups -OCH3 is 2. The van der Waals surface area contributed by atoms with Crippen molar-refractivity contribution in [2.45, 2.75) is 59.7 Å². The Kier molecular flexibility index (Phi) is 10.8. The maximum atomic E-state index is 6.51. The predicted octanol–water partition coefficient (Wildman–Crippen LogP) is 6.15. The van der Waals surface area contributed by atoms with Crippen molar-refractivity contribution in [2.24, 2.45) is 5.41 Å². The smallest absolute Gasteiger partial charge is 0.250 e. The summed E-state index contributed by atoms with van der Waals surface area (Å²) >= 11 is 0. The number of ether oxygens (including phenoxy) is 4. The van der Waals surface area contributed by atoms with Gasteiger partial charge in [-0.3, -0.25) is 0 Å². The van der Waals surface area contributed by atoms with E-state index in [1.54, 1.807) is 14.2 Å². The van der Waals surface area contributed by atoms with E-state index in [9.17, 15) is 0 Å². The molecule has 0 saturated carbocycles. The zero-order valence-corrected chi connectivity index (χ0v) is 22.4. The maximum absolute atomic E-state index is 6.51. The monoisotopic (exact) mass is 452 g/mol. The molecule has 5 nitrogen and oxygen atoms in total. The Bertz CT molecular complexity index is 699. The molecule has 178 valence electrons. The molecule has 0 fully saturated rings. The van der Waals surface area contributed by atoms with Gasteiger partial charge in [0.15, 0.2) is 0 Å². The fourth-order valence-corrected chi connectivity index (χ4v) is 3.75. The fourth-order valence-electron chi connectivity index (χ4n) is 2.72. The Hall–Kier alpha value is -1.34. The number of hydrogen-bond acceptors (Lipinski definition) is 5. The van der Waals surface area contributed by atoms with Crippen molar-refractivity contribution in [2.75, 3.05) is 47.3 Å². The van der Waals surface area contributed by atoms with Gasteiger partial charge >= 0.3 is 0 Å². The number of rotatable bonds is 12. The molecule has 0 aliphatic heterocycles. The first-order valence-electron chi connectivity index (χ1n) is 11.0. The highest BCUT2D eigenvalue weighted by Crippen LogP contribution is 2.39. The van der Waals surface area contributed by atoms with Gasteiger partial charge in [0.25, 0.3) is 0 Å². The third-order valence-electron chi connectivity index (χ3n) is 5.71. The number of benzene rings is 1. The van der Waals surface area contributed by atoms with Gasteiger partial charge in [0.05, 0.1) is 40.1 Å². The molecule has 1 aromatic rings. The van der Waals surface area contributed by atoms with Gasteiger partial charge < -0.3 is 23.4 Å². The van der Waals surface area contributed by atoms with Crippen LogP contribution in [0.4, 0.5) is 0 Å². The molecule has 0 spiro atoms. The Morgan fingerprint density at radius 3 is 2.03 bits per heavy atom. The van der Waals surface area contributed by atoms with Gasteiger partial charge in [-0.1, -0.05) is 53.7 Å². The van der Waals surface area contributed by atoms with Gasteiger partial charge in [0.2, 0.25) is 8.32 Å². The van der Waals surface area contributed by atoms with Gasteiger partial charge in [-0.25, -0.2) is 0 Å². The largest absolute Gasteiger partial charge is 0.543 e. The molecule has 1 rings (SSSR count). The molecule has 0 unspecified atom stereocenters. The topological polar surface area (TPSA) is 46.2 Å². The maximum Gasteiger partial charge on any atom is 0.250 e. The molecule has 0 amide bonds. The molecule has 0 radical (unpaired) electrons. The van der Waals surface area contributed by atoms with Gasteiger partial charge in [-0.2, -0.15) is 0 Å². The molecule has 0 aliphatic rings. The SMILES string of the molecule is COCCOCCOC/C(=C(/OC)c1cccc(O[Si](C)(C)C(C)(C)C)c1)C(C)(C)C. The van der Waals surface area contributed by atoms with Gasteiger partial charge in [-0.05, 0) is 35.7 Å². The Morgan fingerprint density at radius 2 is 1.48 bits per heavy atom. The summed E-state index contributed by atoms with van der Waals surface area (Å²) in [6.07, 6.45) is 0. The Labute approximate surface area is 191 Å². The number of hydrogen-bond donors (Lipinski definition) is 0. The van der Waals surface area contributed by atoms with E-state index >= 15 is 0 Å². The van der Waals surface area contributed by atoms with E-state index in [2.05, 4.69) is 66.8 Å². The Morgan fingerprint density at radius 1 is 0.871 bits per heavy atom. The second-order valence-electron chi connectivity index (χ2n) is 10.3. The first-order chi connectivity index (χ1) is 14.3. The summed E-state index contributed by atoms with van der Waals surface area (Å²) in [6.45, 7) is 20.5. The lowest BCUT2D eigenvalue weighted by Crippen LogP contribution is -2.43. The third-order valence-corrected chi connectivity index (χ3v) is 10.1. The highest BCUT2D eigenvalue weighted by molar-refractivity contribution is 6.74. The van der Waals surface area contributed by atoms with E-state index in [1.807, 2.05) is 12.1 Å². The molecular weight excluding hydrogens is 408 g/mol. The van der Waals surface area contributed by atoms with Crippen molar-refractivity contribution < 1.29 is 23.4 Å². The van der Waals surface area contributed by atoms with E-state index in [-0.39, 0.29) is 10.5 Å². The van der Waals surface area contributed by atoms with Crippen LogP contribution in [0, 0.1) is 5.41 Å². The molecule has 0 aromatic heterocycles. The van der Waals surface area contributed by atoms with Gasteiger partial charge in [0.1, 0.15) is 11.5 Å². The normalized spacial score (nSPS) is 13.7. The fraction of sp³-hybridized carbons (Fsp3) is 0.680. The lowest BCUT2D eigenvalue weighted by atomic mass is 9.84. The minimum absolute atomic E-state index is 0.113. The summed E-state index contributed by atoms with van der Waals surface area (Å²) in [6, 6.07) is 8.21.